The molecule has 0 aliphatic rings. The molecule has 49 heavy (non-hydrogen) atoms. The van der Waals surface area contributed by atoms with E-state index in [4.69, 9.17) is 10.2 Å². The summed E-state index contributed by atoms with van der Waals surface area (Å²) in [6.07, 6.45) is 38.4. The van der Waals surface area contributed by atoms with Crippen LogP contribution < -0.4 is 0 Å². The molecule has 0 aromatic heterocycles. The van der Waals surface area contributed by atoms with Gasteiger partial charge in [-0.15, -0.1) is 0 Å². The van der Waals surface area contributed by atoms with Crippen LogP contribution in [0.5, 0.6) is 0 Å². The normalized spacial score (nSPS) is 12.2. The SMILES string of the molecule is CC(CO)(CO)C(CO)(CCCCCCCCCCCCCCCCCC(=O)O)CCCCCCCCCCCCCCCCCC(=O)O. The molecule has 0 amide bonds. The van der Waals surface area contributed by atoms with Crippen molar-refractivity contribution in [3.8, 4) is 0 Å². The second kappa shape index (κ2) is 33.9. The van der Waals surface area contributed by atoms with Gasteiger partial charge in [0.15, 0.2) is 0 Å². The van der Waals surface area contributed by atoms with Gasteiger partial charge < -0.3 is 25.5 Å². The number of carboxylic acids is 2. The van der Waals surface area contributed by atoms with Crippen molar-refractivity contribution in [1.29, 1.82) is 0 Å². The average molecular weight is 699 g/mol. The molecule has 0 rings (SSSR count). The van der Waals surface area contributed by atoms with Crippen molar-refractivity contribution in [3.63, 3.8) is 0 Å². The molecule has 0 atom stereocenters. The number of rotatable bonds is 40. The van der Waals surface area contributed by atoms with E-state index in [-0.39, 0.29) is 19.8 Å². The summed E-state index contributed by atoms with van der Waals surface area (Å²) in [6.45, 7) is 1.79. The first kappa shape index (κ1) is 47.8. The second-order valence-electron chi connectivity index (χ2n) is 15.7. The van der Waals surface area contributed by atoms with E-state index in [1.165, 1.54) is 128 Å². The van der Waals surface area contributed by atoms with Gasteiger partial charge in [-0.3, -0.25) is 9.59 Å². The molecule has 0 aliphatic carbocycles. The Kier molecular flexibility index (Phi) is 33.1. The van der Waals surface area contributed by atoms with E-state index in [0.29, 0.717) is 12.8 Å². The monoisotopic (exact) mass is 699 g/mol. The van der Waals surface area contributed by atoms with Gasteiger partial charge in [-0.25, -0.2) is 0 Å². The summed E-state index contributed by atoms with van der Waals surface area (Å²) in [5.41, 5.74) is -1.09. The maximum Gasteiger partial charge on any atom is 0.303 e. The van der Waals surface area contributed by atoms with Gasteiger partial charge in [-0.2, -0.15) is 0 Å². The lowest BCUT2D eigenvalue weighted by atomic mass is 9.60. The minimum Gasteiger partial charge on any atom is -0.481 e. The van der Waals surface area contributed by atoms with E-state index >= 15 is 0 Å². The van der Waals surface area contributed by atoms with E-state index < -0.39 is 22.8 Å². The van der Waals surface area contributed by atoms with Crippen molar-refractivity contribution < 1.29 is 35.1 Å². The Morgan fingerprint density at radius 2 is 0.551 bits per heavy atom. The summed E-state index contributed by atoms with van der Waals surface area (Å²) in [4.78, 5) is 21.1. The van der Waals surface area contributed by atoms with Crippen LogP contribution in [0.1, 0.15) is 225 Å². The van der Waals surface area contributed by atoms with E-state index in [2.05, 4.69) is 0 Å². The largest absolute Gasteiger partial charge is 0.481 e. The third-order valence-electron chi connectivity index (χ3n) is 11.4. The van der Waals surface area contributed by atoms with Gasteiger partial charge in [0.05, 0.1) is 13.2 Å². The Morgan fingerprint density at radius 1 is 0.347 bits per heavy atom. The molecule has 0 saturated carbocycles. The van der Waals surface area contributed by atoms with Crippen molar-refractivity contribution in [2.45, 2.75) is 225 Å². The van der Waals surface area contributed by atoms with E-state index in [9.17, 15) is 24.9 Å². The molecule has 0 bridgehead atoms. The number of hydrogen-bond acceptors (Lipinski definition) is 5. The second-order valence-corrected chi connectivity index (χ2v) is 15.7. The van der Waals surface area contributed by atoms with Crippen LogP contribution in [-0.4, -0.2) is 57.3 Å². The predicted molar refractivity (Wildman–Crippen MR) is 204 cm³/mol. The highest BCUT2D eigenvalue weighted by atomic mass is 16.4. The first-order valence-electron chi connectivity index (χ1n) is 21.0. The maximum atomic E-state index is 10.6. The molecular weight excluding hydrogens is 616 g/mol. The first-order chi connectivity index (χ1) is 23.8. The van der Waals surface area contributed by atoms with Crippen LogP contribution >= 0.6 is 0 Å². The van der Waals surface area contributed by atoms with Gasteiger partial charge in [-0.1, -0.05) is 187 Å². The van der Waals surface area contributed by atoms with E-state index in [1.54, 1.807) is 0 Å². The van der Waals surface area contributed by atoms with Crippen molar-refractivity contribution in [2.75, 3.05) is 19.8 Å². The van der Waals surface area contributed by atoms with Crippen molar-refractivity contribution >= 4 is 11.9 Å². The molecule has 0 heterocycles. The number of aliphatic hydroxyl groups excluding tert-OH is 3. The minimum absolute atomic E-state index is 0.0278. The fourth-order valence-corrected chi connectivity index (χ4v) is 7.54. The molecule has 0 aromatic carbocycles. The number of aliphatic carboxylic acids is 2. The lowest BCUT2D eigenvalue weighted by Crippen LogP contribution is -2.48. The van der Waals surface area contributed by atoms with Gasteiger partial charge in [0.1, 0.15) is 0 Å². The smallest absolute Gasteiger partial charge is 0.303 e. The summed E-state index contributed by atoms with van der Waals surface area (Å²) >= 11 is 0. The Morgan fingerprint density at radius 3 is 0.735 bits per heavy atom. The molecule has 5 N–H and O–H groups in total. The fraction of sp³-hybridized carbons (Fsp3) is 0.952. The highest BCUT2D eigenvalue weighted by molar-refractivity contribution is 5.66. The summed E-state index contributed by atoms with van der Waals surface area (Å²) < 4.78 is 0. The maximum absolute atomic E-state index is 10.6. The summed E-state index contributed by atoms with van der Waals surface area (Å²) in [5.74, 6) is -1.36. The third kappa shape index (κ3) is 27.2. The molecule has 0 aliphatic heterocycles. The lowest BCUT2D eigenvalue weighted by molar-refractivity contribution is -0.138. The average Bonchev–Trinajstić information content (AvgIpc) is 3.09. The van der Waals surface area contributed by atoms with Gasteiger partial charge in [0.25, 0.3) is 0 Å². The lowest BCUT2D eigenvalue weighted by Gasteiger charge is -2.46. The molecule has 7 heteroatoms. The zero-order chi connectivity index (χ0) is 36.3. The van der Waals surface area contributed by atoms with Crippen LogP contribution in [0.25, 0.3) is 0 Å². The summed E-state index contributed by atoms with van der Waals surface area (Å²) in [6, 6.07) is 0. The van der Waals surface area contributed by atoms with Crippen LogP contribution in [-0.2, 0) is 9.59 Å². The van der Waals surface area contributed by atoms with Crippen LogP contribution in [0, 0.1) is 10.8 Å². The van der Waals surface area contributed by atoms with Gasteiger partial charge in [-0.05, 0) is 25.7 Å². The third-order valence-corrected chi connectivity index (χ3v) is 11.4. The number of hydrogen-bond donors (Lipinski definition) is 5. The number of aliphatic hydroxyl groups is 3. The molecule has 0 fully saturated rings. The van der Waals surface area contributed by atoms with Crippen molar-refractivity contribution in [1.82, 2.24) is 0 Å². The molecular formula is C42H82O7. The number of carbonyl (C=O) groups is 2. The predicted octanol–water partition coefficient (Wildman–Crippen LogP) is 11.4. The molecule has 0 aromatic rings. The zero-order valence-electron chi connectivity index (χ0n) is 32.2. The molecule has 292 valence electrons. The molecule has 0 unspecified atom stereocenters. The minimum atomic E-state index is -0.679. The fourth-order valence-electron chi connectivity index (χ4n) is 7.54. The Labute approximate surface area is 302 Å². The number of unbranched alkanes of at least 4 members (excludes halogenated alkanes) is 28. The molecule has 0 saturated heterocycles. The molecule has 0 spiro atoms. The first-order valence-corrected chi connectivity index (χ1v) is 21.0. The molecule has 7 nitrogen and oxygen atoms in total. The van der Waals surface area contributed by atoms with Crippen LogP contribution in [0.15, 0.2) is 0 Å². The Bertz CT molecular complexity index is 689. The van der Waals surface area contributed by atoms with Crippen LogP contribution in [0.3, 0.4) is 0 Å². The van der Waals surface area contributed by atoms with E-state index in [1.807, 2.05) is 6.92 Å². The standard InChI is InChI=1S/C42H82O7/c1-41(36-43,37-44)42(38-45,34-30-26-22-18-14-10-6-2-4-8-12-16-20-24-28-32-39(46)47)35-31-27-23-19-15-11-7-3-5-9-13-17-21-25-29-33-40(48)49/h43-45H,2-38H2,1H3,(H,46,47)(H,48,49). The summed E-state index contributed by atoms with van der Waals surface area (Å²) in [7, 11) is 0. The van der Waals surface area contributed by atoms with Gasteiger partial charge in [0.2, 0.25) is 0 Å². The summed E-state index contributed by atoms with van der Waals surface area (Å²) in [5, 5.41) is 48.5. The molecule has 0 radical (unpaired) electrons. The quantitative estimate of drug-likeness (QED) is 0.0402. The zero-order valence-corrected chi connectivity index (χ0v) is 32.2. The highest BCUT2D eigenvalue weighted by Gasteiger charge is 2.46. The Balaban J connectivity index is 3.94. The van der Waals surface area contributed by atoms with Gasteiger partial charge >= 0.3 is 11.9 Å². The Hall–Kier alpha value is -1.18. The van der Waals surface area contributed by atoms with Crippen LogP contribution in [0.2, 0.25) is 0 Å². The van der Waals surface area contributed by atoms with Gasteiger partial charge in [0, 0.05) is 30.3 Å². The topological polar surface area (TPSA) is 135 Å². The van der Waals surface area contributed by atoms with Crippen molar-refractivity contribution in [2.24, 2.45) is 10.8 Å². The number of carboxylic acid groups (broad SMARTS) is 2. The van der Waals surface area contributed by atoms with E-state index in [0.717, 1.165) is 77.0 Å². The van der Waals surface area contributed by atoms with Crippen molar-refractivity contribution in [3.05, 3.63) is 0 Å². The highest BCUT2D eigenvalue weighted by Crippen LogP contribution is 2.47. The van der Waals surface area contributed by atoms with Crippen LogP contribution in [0.4, 0.5) is 0 Å².